The second-order valence-corrected chi connectivity index (χ2v) is 9.97. The van der Waals surface area contributed by atoms with Gasteiger partial charge in [-0.25, -0.2) is 13.2 Å². The standard InChI is InChI=1S/C17H18Cl2O6S2/c1-3-11(8-24-2)25-17(21)12-5-4-10(6-14(12)20)9-27(22,23)15-7-13(18)16(19)26-15/h4-7,11,20H,3,8-9H2,1-2H3. The molecule has 0 aliphatic heterocycles. The van der Waals surface area contributed by atoms with Gasteiger partial charge in [0.15, 0.2) is 9.84 Å². The molecule has 6 nitrogen and oxygen atoms in total. The highest BCUT2D eigenvalue weighted by Gasteiger charge is 2.22. The summed E-state index contributed by atoms with van der Waals surface area (Å²) in [6.07, 6.45) is 0.123. The molecule has 1 aromatic heterocycles. The van der Waals surface area contributed by atoms with Crippen LogP contribution in [-0.2, 0) is 25.1 Å². The summed E-state index contributed by atoms with van der Waals surface area (Å²) >= 11 is 12.5. The van der Waals surface area contributed by atoms with Gasteiger partial charge in [-0.2, -0.15) is 0 Å². The number of carbonyl (C=O) groups is 1. The highest BCUT2D eigenvalue weighted by molar-refractivity contribution is 7.92. The Kier molecular flexibility index (Phi) is 7.53. The normalized spacial score (nSPS) is 12.7. The van der Waals surface area contributed by atoms with Gasteiger partial charge in [0.1, 0.15) is 26.0 Å². The molecule has 10 heteroatoms. The van der Waals surface area contributed by atoms with E-state index in [1.807, 2.05) is 6.92 Å². The lowest BCUT2D eigenvalue weighted by Crippen LogP contribution is -2.22. The number of benzene rings is 1. The summed E-state index contributed by atoms with van der Waals surface area (Å²) in [5, 5.41) is 10.3. The zero-order chi connectivity index (χ0) is 20.2. The molecule has 0 radical (unpaired) electrons. The van der Waals surface area contributed by atoms with Crippen LogP contribution in [0.1, 0.15) is 29.3 Å². The molecule has 0 fully saturated rings. The van der Waals surface area contributed by atoms with E-state index >= 15 is 0 Å². The third kappa shape index (κ3) is 5.58. The monoisotopic (exact) mass is 452 g/mol. The molecule has 1 unspecified atom stereocenters. The van der Waals surface area contributed by atoms with Crippen LogP contribution in [0.2, 0.25) is 9.36 Å². The Bertz CT molecular complexity index is 904. The fraction of sp³-hybridized carbons (Fsp3) is 0.353. The maximum Gasteiger partial charge on any atom is 0.342 e. The number of thiophene rings is 1. The Morgan fingerprint density at radius 1 is 1.30 bits per heavy atom. The summed E-state index contributed by atoms with van der Waals surface area (Å²) in [5.74, 6) is -1.44. The molecule has 0 aliphatic rings. The minimum atomic E-state index is -3.69. The van der Waals surface area contributed by atoms with Crippen molar-refractivity contribution in [3.8, 4) is 5.75 Å². The van der Waals surface area contributed by atoms with E-state index in [1.54, 1.807) is 0 Å². The number of sulfone groups is 1. The molecular weight excluding hydrogens is 435 g/mol. The Labute approximate surface area is 171 Å². The van der Waals surface area contributed by atoms with Gasteiger partial charge in [0.25, 0.3) is 0 Å². The van der Waals surface area contributed by atoms with Crippen LogP contribution in [0.15, 0.2) is 28.5 Å². The molecule has 0 aliphatic carbocycles. The number of aromatic hydroxyl groups is 1. The maximum absolute atomic E-state index is 12.5. The Balaban J connectivity index is 2.17. The number of carbonyl (C=O) groups excluding carboxylic acids is 1. The van der Waals surface area contributed by atoms with Crippen LogP contribution in [0.4, 0.5) is 0 Å². The zero-order valence-corrected chi connectivity index (χ0v) is 17.7. The van der Waals surface area contributed by atoms with Crippen LogP contribution in [0.5, 0.6) is 5.75 Å². The van der Waals surface area contributed by atoms with Crippen molar-refractivity contribution in [1.29, 1.82) is 0 Å². The number of rotatable bonds is 8. The first-order chi connectivity index (χ1) is 12.7. The minimum Gasteiger partial charge on any atom is -0.507 e. The van der Waals surface area contributed by atoms with Crippen LogP contribution < -0.4 is 0 Å². The smallest absolute Gasteiger partial charge is 0.342 e. The average molecular weight is 453 g/mol. The number of methoxy groups -OCH3 is 1. The van der Waals surface area contributed by atoms with Crippen molar-refractivity contribution in [2.45, 2.75) is 29.4 Å². The van der Waals surface area contributed by atoms with Crippen LogP contribution in [-0.4, -0.2) is 39.3 Å². The van der Waals surface area contributed by atoms with Crippen LogP contribution in [0.3, 0.4) is 0 Å². The lowest BCUT2D eigenvalue weighted by Gasteiger charge is -2.15. The summed E-state index contributed by atoms with van der Waals surface area (Å²) in [7, 11) is -2.19. The largest absolute Gasteiger partial charge is 0.507 e. The summed E-state index contributed by atoms with van der Waals surface area (Å²) in [4.78, 5) is 12.2. The van der Waals surface area contributed by atoms with E-state index in [4.69, 9.17) is 32.7 Å². The molecule has 0 spiro atoms. The molecule has 1 aromatic carbocycles. The van der Waals surface area contributed by atoms with Gasteiger partial charge >= 0.3 is 5.97 Å². The first-order valence-corrected chi connectivity index (χ1v) is 11.1. The highest BCUT2D eigenvalue weighted by atomic mass is 35.5. The molecule has 1 atom stereocenters. The second kappa shape index (κ2) is 9.25. The molecular formula is C17H18Cl2O6S2. The molecule has 0 saturated heterocycles. The Morgan fingerprint density at radius 3 is 2.52 bits per heavy atom. The SMILES string of the molecule is CCC(COC)OC(=O)c1ccc(CS(=O)(=O)c2cc(Cl)c(Cl)s2)cc1O. The zero-order valence-electron chi connectivity index (χ0n) is 14.6. The van der Waals surface area contributed by atoms with E-state index in [2.05, 4.69) is 0 Å². The first-order valence-electron chi connectivity index (χ1n) is 7.87. The summed E-state index contributed by atoms with van der Waals surface area (Å²) in [6.45, 7) is 2.08. The van der Waals surface area contributed by atoms with Crippen molar-refractivity contribution >= 4 is 50.3 Å². The number of esters is 1. The van der Waals surface area contributed by atoms with Gasteiger partial charge in [-0.1, -0.05) is 36.2 Å². The fourth-order valence-electron chi connectivity index (χ4n) is 2.25. The number of ether oxygens (including phenoxy) is 2. The van der Waals surface area contributed by atoms with E-state index in [1.165, 1.54) is 31.4 Å². The van der Waals surface area contributed by atoms with Crippen LogP contribution in [0.25, 0.3) is 0 Å². The van der Waals surface area contributed by atoms with Crippen LogP contribution in [0, 0.1) is 0 Å². The van der Waals surface area contributed by atoms with E-state index in [0.29, 0.717) is 12.0 Å². The molecule has 1 heterocycles. The van der Waals surface area contributed by atoms with Crippen molar-refractivity contribution in [3.05, 3.63) is 44.8 Å². The predicted octanol–water partition coefficient (Wildman–Crippen LogP) is 4.32. The average Bonchev–Trinajstić information content (AvgIpc) is 2.94. The van der Waals surface area contributed by atoms with Gasteiger partial charge in [0.05, 0.1) is 17.4 Å². The summed E-state index contributed by atoms with van der Waals surface area (Å²) < 4.78 is 35.4. The second-order valence-electron chi connectivity index (χ2n) is 5.69. The lowest BCUT2D eigenvalue weighted by molar-refractivity contribution is 0.00451. The van der Waals surface area contributed by atoms with Crippen molar-refractivity contribution in [1.82, 2.24) is 0 Å². The van der Waals surface area contributed by atoms with Gasteiger partial charge in [-0.15, -0.1) is 11.3 Å². The van der Waals surface area contributed by atoms with Crippen LogP contribution >= 0.6 is 34.5 Å². The maximum atomic E-state index is 12.5. The molecule has 148 valence electrons. The minimum absolute atomic E-state index is 0.0332. The molecule has 0 amide bonds. The number of phenolic OH excluding ortho intramolecular Hbond substituents is 1. The fourth-order valence-corrected chi connectivity index (χ4v) is 5.54. The Morgan fingerprint density at radius 2 is 2.00 bits per heavy atom. The number of phenols is 1. The van der Waals surface area contributed by atoms with Crippen molar-refractivity contribution in [2.24, 2.45) is 0 Å². The molecule has 2 rings (SSSR count). The van der Waals surface area contributed by atoms with E-state index in [9.17, 15) is 18.3 Å². The quantitative estimate of drug-likeness (QED) is 0.599. The molecule has 0 bridgehead atoms. The van der Waals surface area contributed by atoms with Crippen molar-refractivity contribution in [3.63, 3.8) is 0 Å². The lowest BCUT2D eigenvalue weighted by atomic mass is 10.1. The molecule has 27 heavy (non-hydrogen) atoms. The summed E-state index contributed by atoms with van der Waals surface area (Å²) in [5.41, 5.74) is 0.265. The van der Waals surface area contributed by atoms with Gasteiger partial charge < -0.3 is 14.6 Å². The first kappa shape index (κ1) is 22.0. The number of halogens is 2. The Hall–Kier alpha value is -1.32. The molecule has 1 N–H and O–H groups in total. The topological polar surface area (TPSA) is 89.9 Å². The molecule has 0 saturated carbocycles. The predicted molar refractivity (Wildman–Crippen MR) is 105 cm³/mol. The third-order valence-electron chi connectivity index (χ3n) is 3.65. The third-order valence-corrected chi connectivity index (χ3v) is 7.77. The van der Waals surface area contributed by atoms with Gasteiger partial charge in [0, 0.05) is 7.11 Å². The van der Waals surface area contributed by atoms with Crippen molar-refractivity contribution < 1.29 is 27.8 Å². The van der Waals surface area contributed by atoms with Crippen molar-refractivity contribution in [2.75, 3.05) is 13.7 Å². The van der Waals surface area contributed by atoms with E-state index in [0.717, 1.165) is 11.3 Å². The highest BCUT2D eigenvalue weighted by Crippen LogP contribution is 2.36. The van der Waals surface area contributed by atoms with Gasteiger partial charge in [0.2, 0.25) is 0 Å². The summed E-state index contributed by atoms with van der Waals surface area (Å²) in [6, 6.07) is 5.29. The number of hydrogen-bond donors (Lipinski definition) is 1. The van der Waals surface area contributed by atoms with Gasteiger partial charge in [-0.3, -0.25) is 0 Å². The van der Waals surface area contributed by atoms with Gasteiger partial charge in [-0.05, 0) is 30.2 Å². The van der Waals surface area contributed by atoms with E-state index < -0.39 is 21.9 Å². The number of hydrogen-bond acceptors (Lipinski definition) is 7. The molecule has 2 aromatic rings. The van der Waals surface area contributed by atoms with E-state index in [-0.39, 0.29) is 37.2 Å².